The van der Waals surface area contributed by atoms with E-state index in [1.54, 1.807) is 0 Å². The van der Waals surface area contributed by atoms with E-state index in [1.165, 1.54) is 0 Å². The molecule has 0 aliphatic carbocycles. The third-order valence-electron chi connectivity index (χ3n) is 3.45. The number of hydrogen-bond donors (Lipinski definition) is 1. The standard InChI is InChI=1S/C15H17NO3/c1-10-3-2-4-11-7-14(19-15(10)11)13(17)8-12-9-18-6-5-16-12/h2-4,7,12,16H,5-6,8-9H2,1H3. The molecule has 1 N–H and O–H groups in total. The fraction of sp³-hybridized carbons (Fsp3) is 0.400. The van der Waals surface area contributed by atoms with Crippen LogP contribution in [0.4, 0.5) is 0 Å². The molecule has 1 aliphatic heterocycles. The van der Waals surface area contributed by atoms with Gasteiger partial charge < -0.3 is 14.5 Å². The van der Waals surface area contributed by atoms with Gasteiger partial charge in [-0.25, -0.2) is 0 Å². The average molecular weight is 259 g/mol. The summed E-state index contributed by atoms with van der Waals surface area (Å²) in [5, 5.41) is 4.26. The van der Waals surface area contributed by atoms with Crippen LogP contribution in [-0.4, -0.2) is 31.6 Å². The molecule has 1 atom stereocenters. The predicted molar refractivity (Wildman–Crippen MR) is 72.5 cm³/mol. The second-order valence-electron chi connectivity index (χ2n) is 4.96. The molecule has 2 aromatic rings. The maximum atomic E-state index is 12.2. The number of benzene rings is 1. The number of ether oxygens (including phenoxy) is 1. The van der Waals surface area contributed by atoms with Gasteiger partial charge in [-0.2, -0.15) is 0 Å². The van der Waals surface area contributed by atoms with Gasteiger partial charge in [0.05, 0.1) is 13.2 Å². The second kappa shape index (κ2) is 5.15. The predicted octanol–water partition coefficient (Wildman–Crippen LogP) is 2.30. The van der Waals surface area contributed by atoms with E-state index in [-0.39, 0.29) is 11.8 Å². The number of ketones is 1. The molecule has 1 aliphatic rings. The molecule has 0 amide bonds. The zero-order chi connectivity index (χ0) is 13.2. The van der Waals surface area contributed by atoms with Crippen LogP contribution >= 0.6 is 0 Å². The van der Waals surface area contributed by atoms with Crippen molar-refractivity contribution in [2.24, 2.45) is 0 Å². The molecule has 1 fully saturated rings. The van der Waals surface area contributed by atoms with Crippen molar-refractivity contribution in [2.75, 3.05) is 19.8 Å². The molecular weight excluding hydrogens is 242 g/mol. The van der Waals surface area contributed by atoms with E-state index in [1.807, 2.05) is 31.2 Å². The van der Waals surface area contributed by atoms with E-state index in [9.17, 15) is 4.79 Å². The molecule has 1 aromatic heterocycles. The molecule has 0 radical (unpaired) electrons. The van der Waals surface area contributed by atoms with Crippen LogP contribution in [0.25, 0.3) is 11.0 Å². The number of rotatable bonds is 3. The molecule has 0 saturated carbocycles. The summed E-state index contributed by atoms with van der Waals surface area (Å²) in [4.78, 5) is 12.2. The Kier molecular flexibility index (Phi) is 3.36. The highest BCUT2D eigenvalue weighted by Gasteiger charge is 2.20. The van der Waals surface area contributed by atoms with E-state index < -0.39 is 0 Å². The third kappa shape index (κ3) is 2.55. The molecule has 0 bridgehead atoms. The van der Waals surface area contributed by atoms with Crippen molar-refractivity contribution in [3.63, 3.8) is 0 Å². The minimum Gasteiger partial charge on any atom is -0.453 e. The first-order valence-electron chi connectivity index (χ1n) is 6.57. The average Bonchev–Trinajstić information content (AvgIpc) is 2.85. The van der Waals surface area contributed by atoms with Crippen LogP contribution in [0.2, 0.25) is 0 Å². The van der Waals surface area contributed by atoms with Crippen LogP contribution in [0.5, 0.6) is 0 Å². The number of aryl methyl sites for hydroxylation is 1. The Morgan fingerprint density at radius 3 is 3.11 bits per heavy atom. The lowest BCUT2D eigenvalue weighted by atomic mass is 10.1. The van der Waals surface area contributed by atoms with Crippen molar-refractivity contribution in [3.05, 3.63) is 35.6 Å². The first kappa shape index (κ1) is 12.4. The number of hydrogen-bond acceptors (Lipinski definition) is 4. The molecular formula is C15H17NO3. The smallest absolute Gasteiger partial charge is 0.199 e. The highest BCUT2D eigenvalue weighted by molar-refractivity contribution is 5.98. The number of carbonyl (C=O) groups is 1. The van der Waals surface area contributed by atoms with Crippen LogP contribution in [0.15, 0.2) is 28.7 Å². The van der Waals surface area contributed by atoms with Crippen LogP contribution in [0, 0.1) is 6.92 Å². The Bertz CT molecular complexity index is 596. The molecule has 2 heterocycles. The van der Waals surface area contributed by atoms with Gasteiger partial charge in [0.1, 0.15) is 5.58 Å². The maximum Gasteiger partial charge on any atom is 0.199 e. The number of nitrogens with one attached hydrogen (secondary N) is 1. The Labute approximate surface area is 111 Å². The highest BCUT2D eigenvalue weighted by Crippen LogP contribution is 2.23. The fourth-order valence-corrected chi connectivity index (χ4v) is 2.42. The Balaban J connectivity index is 1.79. The summed E-state index contributed by atoms with van der Waals surface area (Å²) in [5.74, 6) is 0.468. The zero-order valence-corrected chi connectivity index (χ0v) is 10.9. The first-order chi connectivity index (χ1) is 9.24. The van der Waals surface area contributed by atoms with Gasteiger partial charge in [0.2, 0.25) is 0 Å². The van der Waals surface area contributed by atoms with Gasteiger partial charge in [0, 0.05) is 24.4 Å². The van der Waals surface area contributed by atoms with Gasteiger partial charge in [-0.05, 0) is 18.6 Å². The van der Waals surface area contributed by atoms with Crippen molar-refractivity contribution in [1.82, 2.24) is 5.32 Å². The molecule has 4 nitrogen and oxygen atoms in total. The normalized spacial score (nSPS) is 19.7. The Hall–Kier alpha value is -1.65. The quantitative estimate of drug-likeness (QED) is 0.859. The van der Waals surface area contributed by atoms with Gasteiger partial charge in [-0.15, -0.1) is 0 Å². The number of fused-ring (bicyclic) bond motifs is 1. The van der Waals surface area contributed by atoms with Crippen LogP contribution in [0.3, 0.4) is 0 Å². The summed E-state index contributed by atoms with van der Waals surface area (Å²) >= 11 is 0. The lowest BCUT2D eigenvalue weighted by molar-refractivity contribution is 0.0666. The van der Waals surface area contributed by atoms with Crippen molar-refractivity contribution in [2.45, 2.75) is 19.4 Å². The van der Waals surface area contributed by atoms with E-state index in [0.29, 0.717) is 25.4 Å². The van der Waals surface area contributed by atoms with E-state index in [2.05, 4.69) is 5.32 Å². The van der Waals surface area contributed by atoms with Gasteiger partial charge >= 0.3 is 0 Å². The molecule has 0 spiro atoms. The van der Waals surface area contributed by atoms with Crippen LogP contribution in [-0.2, 0) is 4.74 Å². The largest absolute Gasteiger partial charge is 0.453 e. The summed E-state index contributed by atoms with van der Waals surface area (Å²) in [7, 11) is 0. The summed E-state index contributed by atoms with van der Waals surface area (Å²) < 4.78 is 11.0. The van der Waals surface area contributed by atoms with Gasteiger partial charge in [-0.1, -0.05) is 18.2 Å². The minimum absolute atomic E-state index is 0.0265. The monoisotopic (exact) mass is 259 g/mol. The van der Waals surface area contributed by atoms with Gasteiger partial charge in [0.25, 0.3) is 0 Å². The topological polar surface area (TPSA) is 51.5 Å². The Morgan fingerprint density at radius 2 is 2.37 bits per heavy atom. The van der Waals surface area contributed by atoms with Crippen LogP contribution in [0.1, 0.15) is 22.5 Å². The number of furan rings is 1. The number of morpholine rings is 1. The van der Waals surface area contributed by atoms with E-state index >= 15 is 0 Å². The second-order valence-corrected chi connectivity index (χ2v) is 4.96. The lowest BCUT2D eigenvalue weighted by Gasteiger charge is -2.22. The number of para-hydroxylation sites is 1. The summed E-state index contributed by atoms with van der Waals surface area (Å²) in [6, 6.07) is 7.84. The minimum atomic E-state index is 0.0265. The lowest BCUT2D eigenvalue weighted by Crippen LogP contribution is -2.42. The zero-order valence-electron chi connectivity index (χ0n) is 10.9. The summed E-state index contributed by atoms with van der Waals surface area (Å²) in [5.41, 5.74) is 1.86. The van der Waals surface area contributed by atoms with E-state index in [0.717, 1.165) is 23.1 Å². The third-order valence-corrected chi connectivity index (χ3v) is 3.45. The van der Waals surface area contributed by atoms with Crippen molar-refractivity contribution >= 4 is 16.8 Å². The van der Waals surface area contributed by atoms with Gasteiger partial charge in [-0.3, -0.25) is 4.79 Å². The maximum absolute atomic E-state index is 12.2. The van der Waals surface area contributed by atoms with Crippen LogP contribution < -0.4 is 5.32 Å². The van der Waals surface area contributed by atoms with Gasteiger partial charge in [0.15, 0.2) is 11.5 Å². The first-order valence-corrected chi connectivity index (χ1v) is 6.57. The molecule has 19 heavy (non-hydrogen) atoms. The van der Waals surface area contributed by atoms with Crippen molar-refractivity contribution in [1.29, 1.82) is 0 Å². The molecule has 3 rings (SSSR count). The highest BCUT2D eigenvalue weighted by atomic mass is 16.5. The SMILES string of the molecule is Cc1cccc2cc(C(=O)CC3COCCN3)oc12. The Morgan fingerprint density at radius 1 is 1.47 bits per heavy atom. The van der Waals surface area contributed by atoms with Crippen molar-refractivity contribution in [3.8, 4) is 0 Å². The van der Waals surface area contributed by atoms with Crippen molar-refractivity contribution < 1.29 is 13.9 Å². The molecule has 1 aromatic carbocycles. The number of carbonyl (C=O) groups excluding carboxylic acids is 1. The molecule has 1 saturated heterocycles. The molecule has 100 valence electrons. The number of Topliss-reactive ketones (excluding diaryl/α,β-unsaturated/α-hetero) is 1. The fourth-order valence-electron chi connectivity index (χ4n) is 2.42. The molecule has 4 heteroatoms. The molecule has 1 unspecified atom stereocenters. The summed E-state index contributed by atoms with van der Waals surface area (Å²) in [6.45, 7) is 4.09. The summed E-state index contributed by atoms with van der Waals surface area (Å²) in [6.07, 6.45) is 0.416. The van der Waals surface area contributed by atoms with E-state index in [4.69, 9.17) is 9.15 Å².